The van der Waals surface area contributed by atoms with Gasteiger partial charge in [0.2, 0.25) is 5.88 Å². The van der Waals surface area contributed by atoms with Crippen LogP contribution in [0.2, 0.25) is 10.2 Å². The van der Waals surface area contributed by atoms with Gasteiger partial charge in [-0.15, -0.1) is 0 Å². The Morgan fingerprint density at radius 2 is 2.00 bits per heavy atom. The fraction of sp³-hybridized carbons (Fsp3) is 0.167. The number of ether oxygens (including phenoxy) is 1. The van der Waals surface area contributed by atoms with Crippen LogP contribution in [0.3, 0.4) is 0 Å². The molecule has 0 fully saturated rings. The number of halogens is 3. The molecule has 3 nitrogen and oxygen atoms in total. The topological polar surface area (TPSA) is 35.0 Å². The van der Waals surface area contributed by atoms with Gasteiger partial charge in [-0.3, -0.25) is 0 Å². The molecule has 0 bridgehead atoms. The van der Waals surface area contributed by atoms with E-state index in [0.29, 0.717) is 34.1 Å². The van der Waals surface area contributed by atoms with E-state index < -0.39 is 0 Å². The second-order valence-electron chi connectivity index (χ2n) is 3.48. The van der Waals surface area contributed by atoms with Crippen molar-refractivity contribution in [2.75, 3.05) is 0 Å². The van der Waals surface area contributed by atoms with E-state index in [1.165, 1.54) is 0 Å². The van der Waals surface area contributed by atoms with Crippen LogP contribution in [0, 0.1) is 0 Å². The molecule has 94 valence electrons. The molecule has 0 aliphatic heterocycles. The molecule has 0 saturated carbocycles. The monoisotopic (exact) mass is 346 g/mol. The number of aromatic nitrogens is 2. The molecule has 0 unspecified atom stereocenters. The summed E-state index contributed by atoms with van der Waals surface area (Å²) in [6, 6.07) is 6.89. The van der Waals surface area contributed by atoms with Crippen molar-refractivity contribution >= 4 is 39.1 Å². The van der Waals surface area contributed by atoms with Gasteiger partial charge in [-0.1, -0.05) is 46.1 Å². The van der Waals surface area contributed by atoms with Gasteiger partial charge in [0, 0.05) is 17.0 Å². The minimum absolute atomic E-state index is 0.350. The average molecular weight is 348 g/mol. The van der Waals surface area contributed by atoms with Crippen molar-refractivity contribution in [1.29, 1.82) is 0 Å². The van der Waals surface area contributed by atoms with Crippen LogP contribution in [0.5, 0.6) is 11.6 Å². The van der Waals surface area contributed by atoms with E-state index in [1.54, 1.807) is 18.2 Å². The summed E-state index contributed by atoms with van der Waals surface area (Å²) < 4.78 is 6.49. The van der Waals surface area contributed by atoms with Gasteiger partial charge in [-0.05, 0) is 18.2 Å². The lowest BCUT2D eigenvalue weighted by Gasteiger charge is -2.08. The van der Waals surface area contributed by atoms with Crippen LogP contribution in [0.25, 0.3) is 0 Å². The zero-order chi connectivity index (χ0) is 13.1. The highest BCUT2D eigenvalue weighted by molar-refractivity contribution is 9.10. The lowest BCUT2D eigenvalue weighted by atomic mass is 10.3. The van der Waals surface area contributed by atoms with Gasteiger partial charge >= 0.3 is 0 Å². The van der Waals surface area contributed by atoms with Crippen molar-refractivity contribution in [2.45, 2.75) is 13.3 Å². The first kappa shape index (κ1) is 13.6. The Kier molecular flexibility index (Phi) is 4.43. The fourth-order valence-electron chi connectivity index (χ4n) is 1.32. The molecule has 6 heteroatoms. The first-order valence-corrected chi connectivity index (χ1v) is 6.79. The Balaban J connectivity index is 2.33. The number of hydrogen-bond acceptors (Lipinski definition) is 3. The van der Waals surface area contributed by atoms with Crippen LogP contribution in [-0.4, -0.2) is 9.97 Å². The number of benzene rings is 1. The van der Waals surface area contributed by atoms with Gasteiger partial charge in [0.1, 0.15) is 16.7 Å². The molecule has 0 spiro atoms. The molecular formula is C12H9BrCl2N2O. The molecule has 2 rings (SSSR count). The first-order chi connectivity index (χ1) is 8.58. The molecule has 18 heavy (non-hydrogen) atoms. The summed E-state index contributed by atoms with van der Waals surface area (Å²) in [6.07, 6.45) is 0.684. The SMILES string of the molecule is CCc1nc(Cl)cc(Oc2cc(Br)ccc2Cl)n1. The fourth-order valence-corrected chi connectivity index (χ4v) is 2.01. The maximum atomic E-state index is 6.04. The maximum Gasteiger partial charge on any atom is 0.224 e. The predicted octanol–water partition coefficient (Wildman–Crippen LogP) is 4.90. The Bertz CT molecular complexity index is 578. The molecule has 0 amide bonds. The van der Waals surface area contributed by atoms with Crippen LogP contribution in [-0.2, 0) is 6.42 Å². The average Bonchev–Trinajstić information content (AvgIpc) is 2.33. The highest BCUT2D eigenvalue weighted by Gasteiger charge is 2.07. The van der Waals surface area contributed by atoms with E-state index in [2.05, 4.69) is 25.9 Å². The van der Waals surface area contributed by atoms with Crippen LogP contribution >= 0.6 is 39.1 Å². The van der Waals surface area contributed by atoms with E-state index in [1.807, 2.05) is 13.0 Å². The molecule has 0 saturated heterocycles. The third-order valence-electron chi connectivity index (χ3n) is 2.14. The Labute approximate surface area is 123 Å². The smallest absolute Gasteiger partial charge is 0.224 e. The van der Waals surface area contributed by atoms with Gasteiger partial charge in [-0.25, -0.2) is 4.98 Å². The van der Waals surface area contributed by atoms with E-state index in [-0.39, 0.29) is 0 Å². The molecule has 0 aliphatic rings. The third kappa shape index (κ3) is 3.34. The molecule has 0 aliphatic carbocycles. The Morgan fingerprint density at radius 1 is 1.22 bits per heavy atom. The zero-order valence-electron chi connectivity index (χ0n) is 9.45. The van der Waals surface area contributed by atoms with Gasteiger partial charge in [-0.2, -0.15) is 4.98 Å². The van der Waals surface area contributed by atoms with Gasteiger partial charge < -0.3 is 4.74 Å². The molecule has 1 aromatic carbocycles. The van der Waals surface area contributed by atoms with E-state index in [4.69, 9.17) is 27.9 Å². The quantitative estimate of drug-likeness (QED) is 0.740. The zero-order valence-corrected chi connectivity index (χ0v) is 12.6. The first-order valence-electron chi connectivity index (χ1n) is 5.25. The molecule has 0 atom stereocenters. The number of rotatable bonds is 3. The van der Waals surface area contributed by atoms with Crippen molar-refractivity contribution in [1.82, 2.24) is 9.97 Å². The summed E-state index contributed by atoms with van der Waals surface area (Å²) in [5, 5.41) is 0.856. The molecule has 2 aromatic rings. The van der Waals surface area contributed by atoms with E-state index in [9.17, 15) is 0 Å². The van der Waals surface area contributed by atoms with Gasteiger partial charge in [0.25, 0.3) is 0 Å². The molecular weight excluding hydrogens is 339 g/mol. The third-order valence-corrected chi connectivity index (χ3v) is 3.14. The van der Waals surface area contributed by atoms with E-state index in [0.717, 1.165) is 4.47 Å². The van der Waals surface area contributed by atoms with E-state index >= 15 is 0 Å². The second kappa shape index (κ2) is 5.87. The van der Waals surface area contributed by atoms with Crippen molar-refractivity contribution < 1.29 is 4.74 Å². The van der Waals surface area contributed by atoms with Crippen LogP contribution < -0.4 is 4.74 Å². The minimum Gasteiger partial charge on any atom is -0.437 e. The highest BCUT2D eigenvalue weighted by atomic mass is 79.9. The summed E-state index contributed by atoms with van der Waals surface area (Å²) >= 11 is 15.3. The Morgan fingerprint density at radius 3 is 2.72 bits per heavy atom. The van der Waals surface area contributed by atoms with Crippen molar-refractivity contribution in [2.24, 2.45) is 0 Å². The van der Waals surface area contributed by atoms with Crippen molar-refractivity contribution in [3.8, 4) is 11.6 Å². The lowest BCUT2D eigenvalue weighted by Crippen LogP contribution is -1.96. The highest BCUT2D eigenvalue weighted by Crippen LogP contribution is 2.31. The van der Waals surface area contributed by atoms with Crippen molar-refractivity contribution in [3.63, 3.8) is 0 Å². The number of hydrogen-bond donors (Lipinski definition) is 0. The van der Waals surface area contributed by atoms with Crippen LogP contribution in [0.1, 0.15) is 12.7 Å². The van der Waals surface area contributed by atoms with Crippen molar-refractivity contribution in [3.05, 3.63) is 44.7 Å². The summed E-state index contributed by atoms with van der Waals surface area (Å²) in [4.78, 5) is 8.29. The second-order valence-corrected chi connectivity index (χ2v) is 5.19. The molecule has 0 radical (unpaired) electrons. The number of aryl methyl sites for hydroxylation is 1. The molecule has 1 heterocycles. The van der Waals surface area contributed by atoms with Gasteiger partial charge in [0.15, 0.2) is 0 Å². The summed E-state index contributed by atoms with van der Waals surface area (Å²) in [6.45, 7) is 1.95. The normalized spacial score (nSPS) is 10.4. The summed E-state index contributed by atoms with van der Waals surface area (Å²) in [5.41, 5.74) is 0. The summed E-state index contributed by atoms with van der Waals surface area (Å²) in [5.74, 6) is 1.53. The van der Waals surface area contributed by atoms with Crippen LogP contribution in [0.4, 0.5) is 0 Å². The maximum absolute atomic E-state index is 6.04. The minimum atomic E-state index is 0.350. The Hall–Kier alpha value is -0.840. The largest absolute Gasteiger partial charge is 0.437 e. The predicted molar refractivity (Wildman–Crippen MR) is 75.6 cm³/mol. The summed E-state index contributed by atoms with van der Waals surface area (Å²) in [7, 11) is 0. The lowest BCUT2D eigenvalue weighted by molar-refractivity contribution is 0.459. The van der Waals surface area contributed by atoms with Gasteiger partial charge in [0.05, 0.1) is 5.02 Å². The molecule has 1 aromatic heterocycles. The van der Waals surface area contributed by atoms with Crippen LogP contribution in [0.15, 0.2) is 28.7 Å². The molecule has 0 N–H and O–H groups in total. The number of nitrogens with zero attached hydrogens (tertiary/aromatic N) is 2. The standard InChI is InChI=1S/C12H9BrCl2N2O/c1-2-11-16-10(15)6-12(17-11)18-9-5-7(13)3-4-8(9)14/h3-6H,2H2,1H3.